The standard InChI is InChI=1S/C22H22N10O/c1-2-17-22(29-13-3-4-15(33)5-13)31-19-16(10-27-21(24)20(19)30-17)12-7-28-32(11-12)14-8-25-18(6-23)26-9-14/h7-11,13,15,33H,2-5H2,1H3,(H2,24,27)(H,29,31)/t13-,15+/m1/s1. The van der Waals surface area contributed by atoms with Gasteiger partial charge in [0.25, 0.3) is 0 Å². The number of nitrogen functional groups attached to an aromatic ring is 1. The van der Waals surface area contributed by atoms with Crippen LogP contribution in [0.5, 0.6) is 0 Å². The van der Waals surface area contributed by atoms with E-state index < -0.39 is 0 Å². The number of fused-ring (bicyclic) bond motifs is 1. The fourth-order valence-electron chi connectivity index (χ4n) is 4.05. The van der Waals surface area contributed by atoms with Gasteiger partial charge in [0.05, 0.1) is 30.4 Å². The van der Waals surface area contributed by atoms with E-state index in [9.17, 15) is 5.11 Å². The number of hydrogen-bond acceptors (Lipinski definition) is 10. The Morgan fingerprint density at radius 1 is 1.15 bits per heavy atom. The highest BCUT2D eigenvalue weighted by Crippen LogP contribution is 2.32. The van der Waals surface area contributed by atoms with Gasteiger partial charge < -0.3 is 16.2 Å². The molecule has 4 N–H and O–H groups in total. The van der Waals surface area contributed by atoms with Crippen LogP contribution in [-0.4, -0.2) is 52.0 Å². The maximum Gasteiger partial charge on any atom is 0.232 e. The number of anilines is 2. The molecule has 0 aromatic carbocycles. The van der Waals surface area contributed by atoms with E-state index in [-0.39, 0.29) is 18.0 Å². The smallest absolute Gasteiger partial charge is 0.232 e. The first kappa shape index (κ1) is 20.7. The minimum atomic E-state index is -0.284. The zero-order valence-corrected chi connectivity index (χ0v) is 18.0. The van der Waals surface area contributed by atoms with Crippen molar-refractivity contribution in [2.24, 2.45) is 0 Å². The molecule has 5 rings (SSSR count). The summed E-state index contributed by atoms with van der Waals surface area (Å²) in [6.45, 7) is 2.02. The normalized spacial score (nSPS) is 17.8. The van der Waals surface area contributed by atoms with Crippen LogP contribution in [-0.2, 0) is 6.42 Å². The summed E-state index contributed by atoms with van der Waals surface area (Å²) in [5.41, 5.74) is 10.3. The number of hydrogen-bond donors (Lipinski definition) is 3. The molecule has 0 amide bonds. The third-order valence-corrected chi connectivity index (χ3v) is 5.78. The number of aliphatic hydroxyl groups is 1. The quantitative estimate of drug-likeness (QED) is 0.416. The molecule has 4 aromatic rings. The van der Waals surface area contributed by atoms with Gasteiger partial charge in [-0.25, -0.2) is 29.6 Å². The third-order valence-electron chi connectivity index (χ3n) is 5.78. The van der Waals surface area contributed by atoms with Crippen molar-refractivity contribution >= 4 is 22.7 Å². The summed E-state index contributed by atoms with van der Waals surface area (Å²) in [5.74, 6) is 1.10. The highest BCUT2D eigenvalue weighted by Gasteiger charge is 2.24. The van der Waals surface area contributed by atoms with Crippen molar-refractivity contribution < 1.29 is 5.11 Å². The van der Waals surface area contributed by atoms with Crippen LogP contribution in [0.25, 0.3) is 27.8 Å². The maximum atomic E-state index is 9.90. The van der Waals surface area contributed by atoms with E-state index in [2.05, 4.69) is 25.4 Å². The van der Waals surface area contributed by atoms with Gasteiger partial charge >= 0.3 is 0 Å². The van der Waals surface area contributed by atoms with Gasteiger partial charge in [-0.15, -0.1) is 0 Å². The first-order valence-corrected chi connectivity index (χ1v) is 10.7. The highest BCUT2D eigenvalue weighted by atomic mass is 16.3. The summed E-state index contributed by atoms with van der Waals surface area (Å²) in [6.07, 6.45) is 11.0. The summed E-state index contributed by atoms with van der Waals surface area (Å²) in [5, 5.41) is 26.7. The Balaban J connectivity index is 1.57. The predicted octanol–water partition coefficient (Wildman–Crippen LogP) is 2.01. The van der Waals surface area contributed by atoms with Crippen LogP contribution in [0.2, 0.25) is 0 Å². The first-order chi connectivity index (χ1) is 16.1. The maximum absolute atomic E-state index is 9.90. The summed E-state index contributed by atoms with van der Waals surface area (Å²) in [7, 11) is 0. The molecule has 1 saturated carbocycles. The fourth-order valence-corrected chi connectivity index (χ4v) is 4.05. The van der Waals surface area contributed by atoms with Crippen molar-refractivity contribution in [1.82, 2.24) is 34.7 Å². The molecule has 4 heterocycles. The van der Waals surface area contributed by atoms with Crippen LogP contribution in [0.3, 0.4) is 0 Å². The molecule has 0 spiro atoms. The van der Waals surface area contributed by atoms with Crippen molar-refractivity contribution in [2.75, 3.05) is 11.1 Å². The Hall–Kier alpha value is -4.17. The average Bonchev–Trinajstić information content (AvgIpc) is 3.48. The number of nitrogens with zero attached hydrogens (tertiary/aromatic N) is 8. The lowest BCUT2D eigenvalue weighted by molar-refractivity contribution is 0.182. The molecule has 2 atom stereocenters. The predicted molar refractivity (Wildman–Crippen MR) is 121 cm³/mol. The van der Waals surface area contributed by atoms with Crippen molar-refractivity contribution in [3.63, 3.8) is 0 Å². The number of rotatable bonds is 5. The first-order valence-electron chi connectivity index (χ1n) is 10.7. The van der Waals surface area contributed by atoms with Gasteiger partial charge in [-0.3, -0.25) is 0 Å². The molecule has 1 aliphatic carbocycles. The second-order valence-corrected chi connectivity index (χ2v) is 7.99. The van der Waals surface area contributed by atoms with E-state index in [1.54, 1.807) is 17.1 Å². The lowest BCUT2D eigenvalue weighted by Crippen LogP contribution is -2.19. The number of pyridine rings is 1. The molecule has 4 aromatic heterocycles. The van der Waals surface area contributed by atoms with Crippen LogP contribution < -0.4 is 11.1 Å². The number of nitrogens with one attached hydrogen (secondary N) is 1. The molecular weight excluding hydrogens is 420 g/mol. The van der Waals surface area contributed by atoms with Gasteiger partial charge in [-0.2, -0.15) is 10.4 Å². The molecule has 0 saturated heterocycles. The zero-order chi connectivity index (χ0) is 22.9. The summed E-state index contributed by atoms with van der Waals surface area (Å²) >= 11 is 0. The van der Waals surface area contributed by atoms with Gasteiger partial charge in [0, 0.05) is 29.6 Å². The van der Waals surface area contributed by atoms with Gasteiger partial charge in [0.2, 0.25) is 5.82 Å². The van der Waals surface area contributed by atoms with Crippen LogP contribution in [0.4, 0.5) is 11.6 Å². The Morgan fingerprint density at radius 3 is 2.67 bits per heavy atom. The van der Waals surface area contributed by atoms with Crippen LogP contribution in [0.15, 0.2) is 31.0 Å². The molecule has 1 aliphatic rings. The molecule has 11 nitrogen and oxygen atoms in total. The van der Waals surface area contributed by atoms with Crippen molar-refractivity contribution in [3.8, 4) is 22.9 Å². The van der Waals surface area contributed by atoms with E-state index in [0.29, 0.717) is 41.2 Å². The molecule has 33 heavy (non-hydrogen) atoms. The Bertz CT molecular complexity index is 1360. The van der Waals surface area contributed by atoms with E-state index in [0.717, 1.165) is 29.7 Å². The SMILES string of the molecule is CCc1nc2c(N)ncc(-c3cnn(-c4cnc(C#N)nc4)c3)c2nc1N[C@@H]1CC[C@H](O)C1. The molecule has 166 valence electrons. The minimum absolute atomic E-state index is 0.0941. The van der Waals surface area contributed by atoms with Gasteiger partial charge in [-0.05, 0) is 25.7 Å². The highest BCUT2D eigenvalue weighted by molar-refractivity contribution is 5.96. The van der Waals surface area contributed by atoms with Crippen molar-refractivity contribution in [2.45, 2.75) is 44.8 Å². The molecule has 0 unspecified atom stereocenters. The molecule has 11 heteroatoms. The zero-order valence-electron chi connectivity index (χ0n) is 18.0. The van der Waals surface area contributed by atoms with Crippen molar-refractivity contribution in [1.29, 1.82) is 5.26 Å². The molecule has 0 bridgehead atoms. The molecule has 0 radical (unpaired) electrons. The Morgan fingerprint density at radius 2 is 1.97 bits per heavy atom. The minimum Gasteiger partial charge on any atom is -0.393 e. The molecule has 1 fully saturated rings. The number of nitrogens with two attached hydrogens (primary N) is 1. The second-order valence-electron chi connectivity index (χ2n) is 7.99. The second kappa shape index (κ2) is 8.40. The molecular formula is C22H22N10O. The van der Waals surface area contributed by atoms with Crippen LogP contribution in [0, 0.1) is 11.3 Å². The third kappa shape index (κ3) is 3.92. The Kier molecular flexibility index (Phi) is 5.27. The summed E-state index contributed by atoms with van der Waals surface area (Å²) in [6, 6.07) is 2.05. The Labute approximate surface area is 189 Å². The van der Waals surface area contributed by atoms with Gasteiger partial charge in [-0.1, -0.05) is 6.92 Å². The van der Waals surface area contributed by atoms with E-state index in [1.807, 2.05) is 19.2 Å². The van der Waals surface area contributed by atoms with Crippen LogP contribution in [0.1, 0.15) is 37.7 Å². The number of aryl methyl sites for hydroxylation is 1. The monoisotopic (exact) mass is 442 g/mol. The topological polar surface area (TPSA) is 164 Å². The van der Waals surface area contributed by atoms with Gasteiger partial charge in [0.1, 0.15) is 28.6 Å². The number of aliphatic hydroxyl groups excluding tert-OH is 1. The average molecular weight is 442 g/mol. The lowest BCUT2D eigenvalue weighted by Gasteiger charge is -2.17. The van der Waals surface area contributed by atoms with E-state index >= 15 is 0 Å². The number of aromatic nitrogens is 7. The largest absolute Gasteiger partial charge is 0.393 e. The van der Waals surface area contributed by atoms with Crippen molar-refractivity contribution in [3.05, 3.63) is 42.5 Å². The van der Waals surface area contributed by atoms with E-state index in [4.69, 9.17) is 21.0 Å². The van der Waals surface area contributed by atoms with Gasteiger partial charge in [0.15, 0.2) is 5.82 Å². The summed E-state index contributed by atoms with van der Waals surface area (Å²) < 4.78 is 1.62. The molecule has 0 aliphatic heterocycles. The van der Waals surface area contributed by atoms with Crippen LogP contribution >= 0.6 is 0 Å². The summed E-state index contributed by atoms with van der Waals surface area (Å²) in [4.78, 5) is 22.0. The van der Waals surface area contributed by atoms with E-state index in [1.165, 1.54) is 12.4 Å². The fraction of sp³-hybridized carbons (Fsp3) is 0.318. The number of nitriles is 1. The lowest BCUT2D eigenvalue weighted by atomic mass is 10.1.